The molecule has 0 spiro atoms. The van der Waals surface area contributed by atoms with Crippen molar-refractivity contribution in [3.63, 3.8) is 0 Å². The zero-order valence-electron chi connectivity index (χ0n) is 14.4. The van der Waals surface area contributed by atoms with E-state index < -0.39 is 0 Å². The number of aliphatic hydroxyl groups excluding tert-OH is 1. The van der Waals surface area contributed by atoms with E-state index in [4.69, 9.17) is 0 Å². The van der Waals surface area contributed by atoms with Crippen molar-refractivity contribution in [2.24, 2.45) is 5.92 Å². The highest BCUT2D eigenvalue weighted by molar-refractivity contribution is 5.57. The highest BCUT2D eigenvalue weighted by Crippen LogP contribution is 2.26. The Bertz CT molecular complexity index is 466. The molecular formula is C16H30N4O. The summed E-state index contributed by atoms with van der Waals surface area (Å²) >= 11 is 0. The third-order valence-electron chi connectivity index (χ3n) is 3.30. The molecule has 0 aliphatic rings. The Morgan fingerprint density at radius 3 is 2.19 bits per heavy atom. The smallest absolute Gasteiger partial charge is 0.138 e. The van der Waals surface area contributed by atoms with Gasteiger partial charge in [0.05, 0.1) is 6.10 Å². The van der Waals surface area contributed by atoms with Gasteiger partial charge >= 0.3 is 0 Å². The van der Waals surface area contributed by atoms with Crippen molar-refractivity contribution in [2.45, 2.75) is 59.5 Å². The van der Waals surface area contributed by atoms with E-state index in [0.29, 0.717) is 12.5 Å². The summed E-state index contributed by atoms with van der Waals surface area (Å²) in [5.74, 6) is 2.89. The molecule has 0 aliphatic heterocycles. The van der Waals surface area contributed by atoms with Gasteiger partial charge < -0.3 is 15.7 Å². The normalized spacial score (nSPS) is 13.4. The fourth-order valence-electron chi connectivity index (χ4n) is 2.11. The first-order valence-corrected chi connectivity index (χ1v) is 7.64. The molecule has 1 aromatic rings. The maximum atomic E-state index is 10.0. The summed E-state index contributed by atoms with van der Waals surface area (Å²) in [5, 5.41) is 16.4. The molecule has 1 unspecified atom stereocenters. The lowest BCUT2D eigenvalue weighted by Gasteiger charge is -2.21. The van der Waals surface area contributed by atoms with E-state index >= 15 is 0 Å². The van der Waals surface area contributed by atoms with Crippen molar-refractivity contribution < 1.29 is 5.11 Å². The number of aliphatic hydroxyl groups is 1. The summed E-state index contributed by atoms with van der Waals surface area (Å²) in [4.78, 5) is 9.20. The van der Waals surface area contributed by atoms with Gasteiger partial charge in [0.25, 0.3) is 0 Å². The summed E-state index contributed by atoms with van der Waals surface area (Å²) in [6.07, 6.45) is 0.415. The minimum atomic E-state index is -0.365. The number of hydrogen-bond acceptors (Lipinski definition) is 5. The summed E-state index contributed by atoms with van der Waals surface area (Å²) in [6.45, 7) is 13.0. The lowest BCUT2D eigenvalue weighted by atomic mass is 9.95. The van der Waals surface area contributed by atoms with Crippen molar-refractivity contribution >= 4 is 11.6 Å². The van der Waals surface area contributed by atoms with Crippen molar-refractivity contribution in [3.05, 3.63) is 11.4 Å². The molecule has 21 heavy (non-hydrogen) atoms. The maximum absolute atomic E-state index is 10.0. The average molecular weight is 294 g/mol. The van der Waals surface area contributed by atoms with Crippen LogP contribution in [0.5, 0.6) is 0 Å². The zero-order valence-corrected chi connectivity index (χ0v) is 14.4. The summed E-state index contributed by atoms with van der Waals surface area (Å²) < 4.78 is 0. The number of nitrogens with zero attached hydrogens (tertiary/aromatic N) is 2. The molecule has 1 atom stereocenters. The first-order valence-electron chi connectivity index (χ1n) is 7.64. The second-order valence-electron chi connectivity index (χ2n) is 7.03. The SMILES string of the molecule is CNc1nc(C(C)(C)C)nc(NCC(O)CC(C)C)c1C. The van der Waals surface area contributed by atoms with Crippen LogP contribution in [0.15, 0.2) is 0 Å². The molecule has 0 bridgehead atoms. The molecule has 0 aliphatic carbocycles. The fraction of sp³-hybridized carbons (Fsp3) is 0.750. The van der Waals surface area contributed by atoms with Crippen molar-refractivity contribution in [1.82, 2.24) is 9.97 Å². The fourth-order valence-corrected chi connectivity index (χ4v) is 2.11. The van der Waals surface area contributed by atoms with E-state index in [9.17, 15) is 5.11 Å². The zero-order chi connectivity index (χ0) is 16.2. The molecule has 5 heteroatoms. The largest absolute Gasteiger partial charge is 0.391 e. The number of rotatable bonds is 6. The van der Waals surface area contributed by atoms with Gasteiger partial charge in [-0.1, -0.05) is 34.6 Å². The first kappa shape index (κ1) is 17.7. The van der Waals surface area contributed by atoms with E-state index in [1.807, 2.05) is 14.0 Å². The molecule has 0 aromatic carbocycles. The quantitative estimate of drug-likeness (QED) is 0.752. The minimum absolute atomic E-state index is 0.119. The van der Waals surface area contributed by atoms with Gasteiger partial charge in [-0.25, -0.2) is 9.97 Å². The van der Waals surface area contributed by atoms with Gasteiger partial charge in [-0.3, -0.25) is 0 Å². The van der Waals surface area contributed by atoms with Crippen molar-refractivity contribution in [1.29, 1.82) is 0 Å². The van der Waals surface area contributed by atoms with Crippen molar-refractivity contribution in [2.75, 3.05) is 24.2 Å². The van der Waals surface area contributed by atoms with Gasteiger partial charge in [0.1, 0.15) is 17.5 Å². The monoisotopic (exact) mass is 294 g/mol. The van der Waals surface area contributed by atoms with Gasteiger partial charge in [0.2, 0.25) is 0 Å². The number of anilines is 2. The molecule has 1 aromatic heterocycles. The molecular weight excluding hydrogens is 264 g/mol. The Morgan fingerprint density at radius 2 is 1.71 bits per heavy atom. The highest BCUT2D eigenvalue weighted by Gasteiger charge is 2.21. The Balaban J connectivity index is 2.95. The van der Waals surface area contributed by atoms with Crippen LogP contribution in [0.2, 0.25) is 0 Å². The second-order valence-corrected chi connectivity index (χ2v) is 7.03. The van der Waals surface area contributed by atoms with Gasteiger partial charge in [0.15, 0.2) is 0 Å². The van der Waals surface area contributed by atoms with E-state index in [1.54, 1.807) is 0 Å². The van der Waals surface area contributed by atoms with Crippen LogP contribution in [-0.2, 0) is 5.41 Å². The summed E-state index contributed by atoms with van der Waals surface area (Å²) in [5.41, 5.74) is 0.856. The second kappa shape index (κ2) is 7.07. The summed E-state index contributed by atoms with van der Waals surface area (Å²) in [7, 11) is 1.86. The molecule has 3 N–H and O–H groups in total. The number of hydrogen-bond donors (Lipinski definition) is 3. The van der Waals surface area contributed by atoms with Crippen LogP contribution < -0.4 is 10.6 Å². The lowest BCUT2D eigenvalue weighted by molar-refractivity contribution is 0.161. The highest BCUT2D eigenvalue weighted by atomic mass is 16.3. The van der Waals surface area contributed by atoms with Gasteiger partial charge in [-0.2, -0.15) is 0 Å². The number of aromatic nitrogens is 2. The van der Waals surface area contributed by atoms with Gasteiger partial charge in [-0.05, 0) is 19.3 Å². The number of nitrogens with one attached hydrogen (secondary N) is 2. The van der Waals surface area contributed by atoms with Crippen LogP contribution >= 0.6 is 0 Å². The Morgan fingerprint density at radius 1 is 1.14 bits per heavy atom. The predicted molar refractivity (Wildman–Crippen MR) is 89.0 cm³/mol. The van der Waals surface area contributed by atoms with Crippen LogP contribution in [0, 0.1) is 12.8 Å². The third kappa shape index (κ3) is 5.16. The predicted octanol–water partition coefficient (Wildman–Crippen LogP) is 2.94. The average Bonchev–Trinajstić information content (AvgIpc) is 2.35. The third-order valence-corrected chi connectivity index (χ3v) is 3.30. The van der Waals surface area contributed by atoms with Crippen LogP contribution in [0.4, 0.5) is 11.6 Å². The molecule has 120 valence electrons. The minimum Gasteiger partial charge on any atom is -0.391 e. The van der Waals surface area contributed by atoms with E-state index in [1.165, 1.54) is 0 Å². The summed E-state index contributed by atoms with van der Waals surface area (Å²) in [6, 6.07) is 0. The molecule has 0 saturated carbocycles. The lowest BCUT2D eigenvalue weighted by Crippen LogP contribution is -2.24. The molecule has 1 rings (SSSR count). The molecule has 0 fully saturated rings. The Labute approximate surface area is 128 Å². The van der Waals surface area contributed by atoms with Crippen LogP contribution in [0.1, 0.15) is 52.4 Å². The topological polar surface area (TPSA) is 70.1 Å². The van der Waals surface area contributed by atoms with Gasteiger partial charge in [-0.15, -0.1) is 0 Å². The van der Waals surface area contributed by atoms with Gasteiger partial charge in [0, 0.05) is 24.6 Å². The first-order chi connectivity index (χ1) is 9.65. The molecule has 5 nitrogen and oxygen atoms in total. The van der Waals surface area contributed by atoms with E-state index in [0.717, 1.165) is 29.4 Å². The standard InChI is InChI=1S/C16H30N4O/c1-10(2)8-12(21)9-18-14-11(3)13(17-7)19-15(20-14)16(4,5)6/h10,12,21H,8-9H2,1-7H3,(H2,17,18,19,20). The molecule has 0 saturated heterocycles. The molecule has 0 radical (unpaired) electrons. The molecule has 1 heterocycles. The Hall–Kier alpha value is -1.36. The molecule has 0 amide bonds. The maximum Gasteiger partial charge on any atom is 0.138 e. The van der Waals surface area contributed by atoms with E-state index in [-0.39, 0.29) is 11.5 Å². The van der Waals surface area contributed by atoms with Crippen LogP contribution in [0.25, 0.3) is 0 Å². The van der Waals surface area contributed by atoms with Crippen LogP contribution in [0.3, 0.4) is 0 Å². The van der Waals surface area contributed by atoms with Crippen LogP contribution in [-0.4, -0.2) is 34.8 Å². The Kier molecular flexibility index (Phi) is 5.96. The van der Waals surface area contributed by atoms with E-state index in [2.05, 4.69) is 55.2 Å². The van der Waals surface area contributed by atoms with Crippen molar-refractivity contribution in [3.8, 4) is 0 Å².